The van der Waals surface area contributed by atoms with Gasteiger partial charge in [0.1, 0.15) is 12.4 Å². The summed E-state index contributed by atoms with van der Waals surface area (Å²) in [5.74, 6) is 2.44. The zero-order chi connectivity index (χ0) is 19.6. The highest BCUT2D eigenvalue weighted by Crippen LogP contribution is 2.15. The maximum Gasteiger partial charge on any atom is 0.193 e. The van der Waals surface area contributed by atoms with Gasteiger partial charge < -0.3 is 19.7 Å². The molecule has 0 spiro atoms. The van der Waals surface area contributed by atoms with Crippen LogP contribution in [0.4, 0.5) is 0 Å². The number of hydrogen-bond acceptors (Lipinski definition) is 3. The fourth-order valence-corrected chi connectivity index (χ4v) is 3.40. The molecule has 0 amide bonds. The summed E-state index contributed by atoms with van der Waals surface area (Å²) >= 11 is 0. The normalized spacial score (nSPS) is 16.8. The molecule has 1 fully saturated rings. The summed E-state index contributed by atoms with van der Waals surface area (Å²) < 4.78 is 11.3. The van der Waals surface area contributed by atoms with Crippen LogP contribution in [0.2, 0.25) is 0 Å². The van der Waals surface area contributed by atoms with Crippen molar-refractivity contribution >= 4 is 5.96 Å². The lowest BCUT2D eigenvalue weighted by atomic mass is 10.1. The van der Waals surface area contributed by atoms with Gasteiger partial charge in [0.25, 0.3) is 0 Å². The molecule has 1 aliphatic heterocycles. The van der Waals surface area contributed by atoms with Crippen LogP contribution in [-0.4, -0.2) is 51.3 Å². The molecule has 3 rings (SSSR count). The van der Waals surface area contributed by atoms with E-state index >= 15 is 0 Å². The van der Waals surface area contributed by atoms with Crippen molar-refractivity contribution in [3.05, 3.63) is 65.7 Å². The molecule has 0 bridgehead atoms. The van der Waals surface area contributed by atoms with Gasteiger partial charge in [0.05, 0.1) is 6.61 Å². The number of nitrogens with one attached hydrogen (secondary N) is 1. The Bertz CT molecular complexity index is 725. The second-order valence-electron chi connectivity index (χ2n) is 7.25. The first-order valence-electron chi connectivity index (χ1n) is 10.00. The molecule has 1 saturated heterocycles. The average molecular weight is 382 g/mol. The van der Waals surface area contributed by atoms with E-state index in [0.29, 0.717) is 12.5 Å². The highest BCUT2D eigenvalue weighted by Gasteiger charge is 2.18. The van der Waals surface area contributed by atoms with Gasteiger partial charge in [0.2, 0.25) is 0 Å². The lowest BCUT2D eigenvalue weighted by molar-refractivity contribution is 0.181. The van der Waals surface area contributed by atoms with Crippen molar-refractivity contribution in [1.29, 1.82) is 0 Å². The van der Waals surface area contributed by atoms with E-state index in [-0.39, 0.29) is 0 Å². The van der Waals surface area contributed by atoms with Gasteiger partial charge >= 0.3 is 0 Å². The van der Waals surface area contributed by atoms with E-state index in [2.05, 4.69) is 46.5 Å². The lowest BCUT2D eigenvalue weighted by Gasteiger charge is -2.24. The number of benzene rings is 2. The predicted molar refractivity (Wildman–Crippen MR) is 114 cm³/mol. The van der Waals surface area contributed by atoms with Gasteiger partial charge in [-0.15, -0.1) is 0 Å². The molecule has 1 unspecified atom stereocenters. The van der Waals surface area contributed by atoms with Crippen molar-refractivity contribution in [2.75, 3.05) is 40.4 Å². The Balaban J connectivity index is 1.40. The van der Waals surface area contributed by atoms with Crippen LogP contribution in [0.1, 0.15) is 17.5 Å². The van der Waals surface area contributed by atoms with Crippen LogP contribution in [0.25, 0.3) is 0 Å². The molecule has 0 saturated carbocycles. The minimum Gasteiger partial charge on any atom is -0.489 e. The lowest BCUT2D eigenvalue weighted by Crippen LogP contribution is -2.42. The van der Waals surface area contributed by atoms with Gasteiger partial charge in [0, 0.05) is 39.7 Å². The minimum atomic E-state index is 0.594. The van der Waals surface area contributed by atoms with Crippen LogP contribution in [0, 0.1) is 5.92 Å². The standard InChI is InChI=1S/C23H31N3O2/c1-24-23(26(2)16-21-13-15-27-17-21)25-14-12-19-8-10-22(11-9-19)28-18-20-6-4-3-5-7-20/h3-11,21H,12-18H2,1-2H3,(H,24,25). The van der Waals surface area contributed by atoms with Crippen LogP contribution in [0.15, 0.2) is 59.6 Å². The van der Waals surface area contributed by atoms with Gasteiger partial charge in [-0.25, -0.2) is 0 Å². The van der Waals surface area contributed by atoms with Crippen LogP contribution < -0.4 is 10.1 Å². The molecule has 0 radical (unpaired) electrons. The van der Waals surface area contributed by atoms with E-state index in [9.17, 15) is 0 Å². The number of hydrogen-bond donors (Lipinski definition) is 1. The molecule has 1 aliphatic rings. The Hall–Kier alpha value is -2.53. The molecule has 150 valence electrons. The Labute approximate surface area is 168 Å². The topological polar surface area (TPSA) is 46.1 Å². The Morgan fingerprint density at radius 3 is 2.61 bits per heavy atom. The van der Waals surface area contributed by atoms with E-state index in [1.54, 1.807) is 0 Å². The van der Waals surface area contributed by atoms with E-state index in [0.717, 1.165) is 50.9 Å². The van der Waals surface area contributed by atoms with Gasteiger partial charge in [-0.1, -0.05) is 42.5 Å². The molecule has 1 heterocycles. The fraction of sp³-hybridized carbons (Fsp3) is 0.435. The number of rotatable bonds is 8. The number of guanidine groups is 1. The summed E-state index contributed by atoms with van der Waals surface area (Å²) in [4.78, 5) is 6.59. The predicted octanol–water partition coefficient (Wildman–Crippen LogP) is 3.35. The van der Waals surface area contributed by atoms with Crippen LogP contribution in [-0.2, 0) is 17.8 Å². The SMILES string of the molecule is CN=C(NCCc1ccc(OCc2ccccc2)cc1)N(C)CC1CCOC1. The Morgan fingerprint density at radius 1 is 1.14 bits per heavy atom. The monoisotopic (exact) mass is 381 g/mol. The molecule has 28 heavy (non-hydrogen) atoms. The molecule has 2 aromatic rings. The van der Waals surface area contributed by atoms with Crippen molar-refractivity contribution < 1.29 is 9.47 Å². The third kappa shape index (κ3) is 6.27. The van der Waals surface area contributed by atoms with Crippen molar-refractivity contribution in [1.82, 2.24) is 10.2 Å². The van der Waals surface area contributed by atoms with Gasteiger partial charge in [-0.05, 0) is 36.1 Å². The van der Waals surface area contributed by atoms with E-state index in [1.165, 1.54) is 11.1 Å². The summed E-state index contributed by atoms with van der Waals surface area (Å²) in [6.07, 6.45) is 2.08. The van der Waals surface area contributed by atoms with Crippen molar-refractivity contribution in [3.8, 4) is 5.75 Å². The minimum absolute atomic E-state index is 0.594. The largest absolute Gasteiger partial charge is 0.489 e. The van der Waals surface area contributed by atoms with Crippen molar-refractivity contribution in [3.63, 3.8) is 0 Å². The average Bonchev–Trinajstić information content (AvgIpc) is 3.24. The number of aliphatic imine (C=N–C) groups is 1. The third-order valence-electron chi connectivity index (χ3n) is 5.00. The molecule has 5 heteroatoms. The van der Waals surface area contributed by atoms with Gasteiger partial charge in [0.15, 0.2) is 5.96 Å². The highest BCUT2D eigenvalue weighted by molar-refractivity contribution is 5.79. The molecular formula is C23H31N3O2. The zero-order valence-electron chi connectivity index (χ0n) is 16.9. The number of nitrogens with zero attached hydrogens (tertiary/aromatic N) is 2. The van der Waals surface area contributed by atoms with E-state index in [4.69, 9.17) is 9.47 Å². The Morgan fingerprint density at radius 2 is 1.93 bits per heavy atom. The summed E-state index contributed by atoms with van der Waals surface area (Å²) in [7, 11) is 3.93. The van der Waals surface area contributed by atoms with E-state index < -0.39 is 0 Å². The quantitative estimate of drug-likeness (QED) is 0.563. The first-order valence-corrected chi connectivity index (χ1v) is 10.00. The van der Waals surface area contributed by atoms with Gasteiger partial charge in [-0.2, -0.15) is 0 Å². The second-order valence-corrected chi connectivity index (χ2v) is 7.25. The second kappa shape index (κ2) is 10.7. The maximum absolute atomic E-state index is 5.85. The van der Waals surface area contributed by atoms with Crippen LogP contribution in [0.3, 0.4) is 0 Å². The molecule has 2 aromatic carbocycles. The molecule has 5 nitrogen and oxygen atoms in total. The first kappa shape index (κ1) is 20.2. The first-order chi connectivity index (χ1) is 13.7. The molecule has 1 N–H and O–H groups in total. The maximum atomic E-state index is 5.85. The zero-order valence-corrected chi connectivity index (χ0v) is 16.9. The molecular weight excluding hydrogens is 350 g/mol. The summed E-state index contributed by atoms with van der Waals surface area (Å²) in [6.45, 7) is 4.17. The van der Waals surface area contributed by atoms with Crippen LogP contribution >= 0.6 is 0 Å². The van der Waals surface area contributed by atoms with E-state index in [1.807, 2.05) is 37.4 Å². The van der Waals surface area contributed by atoms with Crippen molar-refractivity contribution in [2.24, 2.45) is 10.9 Å². The molecule has 0 aliphatic carbocycles. The number of ether oxygens (including phenoxy) is 2. The molecule has 1 atom stereocenters. The summed E-state index contributed by atoms with van der Waals surface area (Å²) in [5, 5.41) is 3.46. The fourth-order valence-electron chi connectivity index (χ4n) is 3.40. The Kier molecular flexibility index (Phi) is 7.73. The summed E-state index contributed by atoms with van der Waals surface area (Å²) in [5.41, 5.74) is 2.46. The van der Waals surface area contributed by atoms with Crippen molar-refractivity contribution in [2.45, 2.75) is 19.4 Å². The van der Waals surface area contributed by atoms with Crippen LogP contribution in [0.5, 0.6) is 5.75 Å². The molecule has 0 aromatic heterocycles. The highest BCUT2D eigenvalue weighted by atomic mass is 16.5. The summed E-state index contributed by atoms with van der Waals surface area (Å²) in [6, 6.07) is 18.6. The third-order valence-corrected chi connectivity index (χ3v) is 5.00. The smallest absolute Gasteiger partial charge is 0.193 e. The van der Waals surface area contributed by atoms with Gasteiger partial charge in [-0.3, -0.25) is 4.99 Å².